The van der Waals surface area contributed by atoms with Crippen molar-refractivity contribution in [1.29, 1.82) is 0 Å². The van der Waals surface area contributed by atoms with Gasteiger partial charge in [-0.05, 0) is 49.4 Å². The van der Waals surface area contributed by atoms with Crippen LogP contribution in [0.2, 0.25) is 0 Å². The van der Waals surface area contributed by atoms with Gasteiger partial charge in [0, 0.05) is 5.92 Å². The third-order valence-corrected chi connectivity index (χ3v) is 9.22. The molecule has 0 heterocycles. The SMILES string of the molecule is C[S+](CC(=O)C1CCCCC1)C1CCCCC1.O=S(=O)([O-])C(F)(F)C(F)(F)C(F)(F)C(F)(F)F. The maximum atomic E-state index is 12.3. The molecule has 2 aliphatic carbocycles. The van der Waals surface area contributed by atoms with Crippen molar-refractivity contribution in [2.24, 2.45) is 5.92 Å². The van der Waals surface area contributed by atoms with Gasteiger partial charge < -0.3 is 4.55 Å². The lowest BCUT2D eigenvalue weighted by Gasteiger charge is -2.34. The first kappa shape index (κ1) is 31.3. The molecule has 0 N–H and O–H groups in total. The van der Waals surface area contributed by atoms with Gasteiger partial charge in [-0.2, -0.15) is 39.5 Å². The number of hydrogen-bond donors (Lipinski definition) is 0. The molecule has 0 radical (unpaired) electrons. The highest BCUT2D eigenvalue weighted by Gasteiger charge is 2.83. The lowest BCUT2D eigenvalue weighted by atomic mass is 9.87. The van der Waals surface area contributed by atoms with Gasteiger partial charge in [0.25, 0.3) is 0 Å². The zero-order valence-electron chi connectivity index (χ0n) is 18.3. The van der Waals surface area contributed by atoms with Gasteiger partial charge >= 0.3 is 23.3 Å². The Labute approximate surface area is 195 Å². The van der Waals surface area contributed by atoms with E-state index in [0.717, 1.165) is 11.0 Å². The van der Waals surface area contributed by atoms with Gasteiger partial charge in [-0.3, -0.25) is 4.79 Å². The zero-order valence-corrected chi connectivity index (χ0v) is 19.9. The first-order valence-corrected chi connectivity index (χ1v) is 13.8. The lowest BCUT2D eigenvalue weighted by molar-refractivity contribution is -0.382. The van der Waals surface area contributed by atoms with Crippen molar-refractivity contribution in [2.45, 2.75) is 92.7 Å². The quantitative estimate of drug-likeness (QED) is 0.231. The van der Waals surface area contributed by atoms with Gasteiger partial charge in [0.15, 0.2) is 21.7 Å². The van der Waals surface area contributed by atoms with E-state index in [1.54, 1.807) is 0 Å². The van der Waals surface area contributed by atoms with E-state index in [1.807, 2.05) is 0 Å². The van der Waals surface area contributed by atoms with E-state index >= 15 is 0 Å². The average Bonchev–Trinajstić information content (AvgIpc) is 2.73. The first-order chi connectivity index (χ1) is 15.3. The minimum absolute atomic E-state index is 0.362. The fraction of sp³-hybridized carbons (Fsp3) is 0.947. The molecule has 0 spiro atoms. The molecule has 0 bridgehead atoms. The number of hydrogen-bond acceptors (Lipinski definition) is 4. The molecular weight excluding hydrogens is 527 g/mol. The predicted octanol–water partition coefficient (Wildman–Crippen LogP) is 5.67. The molecule has 0 amide bonds. The molecule has 0 aliphatic heterocycles. The van der Waals surface area contributed by atoms with E-state index in [1.165, 1.54) is 64.2 Å². The molecule has 2 aliphatic rings. The Morgan fingerprint density at radius 1 is 0.794 bits per heavy atom. The fourth-order valence-corrected chi connectivity index (χ4v) is 6.37. The van der Waals surface area contributed by atoms with E-state index in [9.17, 15) is 57.3 Å². The van der Waals surface area contributed by atoms with Crippen LogP contribution in [0.25, 0.3) is 0 Å². The Balaban J connectivity index is 0.000000340. The van der Waals surface area contributed by atoms with Crippen molar-refractivity contribution in [3.8, 4) is 0 Å². The summed E-state index contributed by atoms with van der Waals surface area (Å²) in [6.07, 6.45) is 8.47. The summed E-state index contributed by atoms with van der Waals surface area (Å²) in [7, 11) is -7.05. The summed E-state index contributed by atoms with van der Waals surface area (Å²) >= 11 is 0. The summed E-state index contributed by atoms with van der Waals surface area (Å²) in [6.45, 7) is 0. The molecule has 0 aromatic carbocycles. The summed E-state index contributed by atoms with van der Waals surface area (Å²) in [5.41, 5.74) is 0. The molecule has 2 rings (SSSR count). The van der Waals surface area contributed by atoms with E-state index < -0.39 is 33.4 Å². The maximum absolute atomic E-state index is 12.3. The van der Waals surface area contributed by atoms with Gasteiger partial charge in [0.1, 0.15) is 5.25 Å². The molecule has 4 nitrogen and oxygen atoms in total. The highest BCUT2D eigenvalue weighted by Crippen LogP contribution is 2.54. The summed E-state index contributed by atoms with van der Waals surface area (Å²) in [6, 6.07) is 0. The van der Waals surface area contributed by atoms with Crippen LogP contribution in [0.15, 0.2) is 0 Å². The minimum Gasteiger partial charge on any atom is -0.743 e. The smallest absolute Gasteiger partial charge is 0.460 e. The van der Waals surface area contributed by atoms with Gasteiger partial charge in [0.05, 0.1) is 6.26 Å². The molecule has 2 fully saturated rings. The zero-order chi connectivity index (χ0) is 26.6. The van der Waals surface area contributed by atoms with Crippen molar-refractivity contribution < 1.29 is 57.3 Å². The van der Waals surface area contributed by atoms with E-state index in [0.29, 0.717) is 22.6 Å². The molecular formula is C19H27F9O4S2. The van der Waals surface area contributed by atoms with E-state index in [2.05, 4.69) is 6.26 Å². The molecule has 0 saturated heterocycles. The summed E-state index contributed by atoms with van der Waals surface area (Å²) in [5.74, 6) is -12.9. The topological polar surface area (TPSA) is 74.3 Å². The van der Waals surface area contributed by atoms with Crippen molar-refractivity contribution in [1.82, 2.24) is 0 Å². The number of halogens is 9. The molecule has 202 valence electrons. The third kappa shape index (κ3) is 7.17. The largest absolute Gasteiger partial charge is 0.743 e. The van der Waals surface area contributed by atoms with Crippen LogP contribution in [0.5, 0.6) is 0 Å². The average molecular weight is 555 g/mol. The lowest BCUT2D eigenvalue weighted by Crippen LogP contribution is -2.63. The highest BCUT2D eigenvalue weighted by atomic mass is 32.2. The second kappa shape index (κ2) is 11.6. The number of carbonyl (C=O) groups is 1. The molecule has 15 heteroatoms. The Kier molecular flexibility index (Phi) is 10.7. The van der Waals surface area contributed by atoms with Gasteiger partial charge in [-0.25, -0.2) is 8.42 Å². The Morgan fingerprint density at radius 3 is 1.59 bits per heavy atom. The Morgan fingerprint density at radius 2 is 1.21 bits per heavy atom. The normalized spacial score (nSPS) is 20.9. The molecule has 0 aromatic rings. The van der Waals surface area contributed by atoms with Crippen molar-refractivity contribution in [3.63, 3.8) is 0 Å². The highest BCUT2D eigenvalue weighted by molar-refractivity contribution is 7.97. The van der Waals surface area contributed by atoms with Crippen molar-refractivity contribution >= 4 is 26.8 Å². The second-order valence-electron chi connectivity index (χ2n) is 8.51. The number of carbonyl (C=O) groups excluding carboxylic acids is 1. The maximum Gasteiger partial charge on any atom is 0.460 e. The van der Waals surface area contributed by atoms with E-state index in [4.69, 9.17) is 0 Å². The molecule has 0 aromatic heterocycles. The van der Waals surface area contributed by atoms with Crippen LogP contribution < -0.4 is 0 Å². The monoisotopic (exact) mass is 554 g/mol. The van der Waals surface area contributed by atoms with Crippen LogP contribution in [-0.2, 0) is 25.8 Å². The number of rotatable bonds is 7. The van der Waals surface area contributed by atoms with Crippen LogP contribution in [-0.4, -0.2) is 59.3 Å². The van der Waals surface area contributed by atoms with E-state index in [-0.39, 0.29) is 0 Å². The van der Waals surface area contributed by atoms with Gasteiger partial charge in [-0.1, -0.05) is 25.7 Å². The standard InChI is InChI=1S/C15H27OS.C4HF9O3S/c1-17(14-10-6-3-7-11-14)12-15(16)13-8-4-2-5-9-13;5-1(6,3(9,10)11)2(7,8)4(12,13)17(14,15)16/h13-14H,2-12H2,1H3;(H,14,15,16)/q+1;/p-1. The van der Waals surface area contributed by atoms with Crippen LogP contribution >= 0.6 is 0 Å². The predicted molar refractivity (Wildman–Crippen MR) is 107 cm³/mol. The minimum atomic E-state index is -7.43. The summed E-state index contributed by atoms with van der Waals surface area (Å²) < 4.78 is 135. The van der Waals surface area contributed by atoms with Crippen molar-refractivity contribution in [3.05, 3.63) is 0 Å². The Bertz CT molecular complexity index is 773. The van der Waals surface area contributed by atoms with Gasteiger partial charge in [0.2, 0.25) is 0 Å². The third-order valence-electron chi connectivity index (χ3n) is 5.98. The van der Waals surface area contributed by atoms with Crippen LogP contribution in [0.1, 0.15) is 64.2 Å². The number of alkyl halides is 9. The molecule has 2 saturated carbocycles. The van der Waals surface area contributed by atoms with Gasteiger partial charge in [-0.15, -0.1) is 0 Å². The summed E-state index contributed by atoms with van der Waals surface area (Å²) in [5, 5.41) is -6.24. The molecule has 34 heavy (non-hydrogen) atoms. The number of Topliss-reactive ketones (excluding diaryl/α,β-unsaturated/α-hetero) is 1. The fourth-order valence-electron chi connectivity index (χ4n) is 3.87. The molecule has 1 unspecified atom stereocenters. The first-order valence-electron chi connectivity index (χ1n) is 10.6. The van der Waals surface area contributed by atoms with Crippen LogP contribution in [0, 0.1) is 5.92 Å². The number of ketones is 1. The molecule has 1 atom stereocenters. The van der Waals surface area contributed by atoms with Crippen molar-refractivity contribution in [2.75, 3.05) is 12.0 Å². The van der Waals surface area contributed by atoms with Crippen LogP contribution in [0.3, 0.4) is 0 Å². The second-order valence-corrected chi connectivity index (χ2v) is 12.3. The van der Waals surface area contributed by atoms with Crippen LogP contribution in [0.4, 0.5) is 39.5 Å². The Hall–Kier alpha value is -0.700. The summed E-state index contributed by atoms with van der Waals surface area (Å²) in [4.78, 5) is 12.3.